The number of hydrogen-bond acceptors (Lipinski definition) is 3. The predicted octanol–water partition coefficient (Wildman–Crippen LogP) is 3.07. The van der Waals surface area contributed by atoms with Crippen molar-refractivity contribution in [3.63, 3.8) is 0 Å². The van der Waals surface area contributed by atoms with Crippen LogP contribution < -0.4 is 5.63 Å². The van der Waals surface area contributed by atoms with Crippen molar-refractivity contribution in [3.8, 4) is 0 Å². The van der Waals surface area contributed by atoms with E-state index >= 15 is 0 Å². The number of amides is 1. The summed E-state index contributed by atoms with van der Waals surface area (Å²) in [5, 5.41) is 0.735. The van der Waals surface area contributed by atoms with E-state index < -0.39 is 5.63 Å². The lowest BCUT2D eigenvalue weighted by Gasteiger charge is -2.16. The Balaban J connectivity index is 1.91. The molecular weight excluding hydrogens is 278 g/mol. The number of hydrogen-bond donors (Lipinski definition) is 0. The highest BCUT2D eigenvalue weighted by Crippen LogP contribution is 2.14. The molecule has 0 unspecified atom stereocenters. The first-order chi connectivity index (χ1) is 10.6. The third-order valence-electron chi connectivity index (χ3n) is 3.48. The average Bonchev–Trinajstić information content (AvgIpc) is 2.54. The molecule has 0 spiro atoms. The fourth-order valence-electron chi connectivity index (χ4n) is 2.35. The summed E-state index contributed by atoms with van der Waals surface area (Å²) in [7, 11) is 1.67. The first-order valence-corrected chi connectivity index (χ1v) is 6.97. The molecule has 1 aromatic heterocycles. The summed E-state index contributed by atoms with van der Waals surface area (Å²) < 4.78 is 5.21. The Morgan fingerprint density at radius 2 is 1.73 bits per heavy atom. The van der Waals surface area contributed by atoms with Gasteiger partial charge in [0.05, 0.1) is 0 Å². The zero-order chi connectivity index (χ0) is 15.5. The van der Waals surface area contributed by atoms with Crippen molar-refractivity contribution >= 4 is 16.9 Å². The molecular formula is C18H15NO3. The van der Waals surface area contributed by atoms with Crippen LogP contribution in [0.1, 0.15) is 15.9 Å². The zero-order valence-electron chi connectivity index (χ0n) is 12.2. The van der Waals surface area contributed by atoms with Crippen LogP contribution in [0.2, 0.25) is 0 Å². The van der Waals surface area contributed by atoms with Gasteiger partial charge in [-0.15, -0.1) is 0 Å². The van der Waals surface area contributed by atoms with Crippen LogP contribution in [0, 0.1) is 0 Å². The highest BCUT2D eigenvalue weighted by atomic mass is 16.4. The molecule has 3 rings (SSSR count). The monoisotopic (exact) mass is 293 g/mol. The lowest BCUT2D eigenvalue weighted by atomic mass is 10.1. The number of rotatable bonds is 3. The molecule has 1 heterocycles. The molecule has 0 aliphatic heterocycles. The Labute approximate surface area is 127 Å². The Kier molecular flexibility index (Phi) is 3.74. The van der Waals surface area contributed by atoms with Crippen LogP contribution in [0.4, 0.5) is 0 Å². The second kappa shape index (κ2) is 5.85. The molecule has 0 aliphatic rings. The summed E-state index contributed by atoms with van der Waals surface area (Å²) in [5.41, 5.74) is 0.930. The van der Waals surface area contributed by atoms with Gasteiger partial charge >= 0.3 is 5.63 Å². The average molecular weight is 293 g/mol. The standard InChI is InChI=1S/C18H15NO3/c1-19(12-13-7-3-2-4-8-13)17(20)15-11-14-9-5-6-10-16(14)22-18(15)21/h2-11H,12H2,1H3. The minimum Gasteiger partial charge on any atom is -0.422 e. The molecule has 2 aromatic carbocycles. The van der Waals surface area contributed by atoms with Crippen molar-refractivity contribution in [1.82, 2.24) is 4.90 Å². The van der Waals surface area contributed by atoms with Gasteiger partial charge in [-0.1, -0.05) is 48.5 Å². The highest BCUT2D eigenvalue weighted by Gasteiger charge is 2.17. The van der Waals surface area contributed by atoms with Gasteiger partial charge in [0.25, 0.3) is 5.91 Å². The van der Waals surface area contributed by atoms with Gasteiger partial charge < -0.3 is 9.32 Å². The van der Waals surface area contributed by atoms with E-state index in [1.54, 1.807) is 25.2 Å². The predicted molar refractivity (Wildman–Crippen MR) is 84.7 cm³/mol. The van der Waals surface area contributed by atoms with E-state index in [0.29, 0.717) is 12.1 Å². The smallest absolute Gasteiger partial charge is 0.349 e. The SMILES string of the molecule is CN(Cc1ccccc1)C(=O)c1cc2ccccc2oc1=O. The van der Waals surface area contributed by atoms with Crippen molar-refractivity contribution in [2.24, 2.45) is 0 Å². The minimum atomic E-state index is -0.608. The van der Waals surface area contributed by atoms with Crippen LogP contribution in [-0.4, -0.2) is 17.9 Å². The van der Waals surface area contributed by atoms with Gasteiger partial charge in [-0.05, 0) is 17.7 Å². The van der Waals surface area contributed by atoms with Crippen LogP contribution in [0.3, 0.4) is 0 Å². The van der Waals surface area contributed by atoms with Gasteiger partial charge in [0.1, 0.15) is 11.1 Å². The second-order valence-electron chi connectivity index (χ2n) is 5.13. The minimum absolute atomic E-state index is 0.0529. The van der Waals surface area contributed by atoms with Gasteiger partial charge in [0, 0.05) is 19.0 Å². The van der Waals surface area contributed by atoms with E-state index in [2.05, 4.69) is 0 Å². The lowest BCUT2D eigenvalue weighted by molar-refractivity contribution is 0.0781. The number of fused-ring (bicyclic) bond motifs is 1. The molecule has 0 saturated carbocycles. The van der Waals surface area contributed by atoms with Gasteiger partial charge in [-0.25, -0.2) is 4.79 Å². The molecule has 0 atom stereocenters. The van der Waals surface area contributed by atoms with E-state index in [1.807, 2.05) is 42.5 Å². The summed E-state index contributed by atoms with van der Waals surface area (Å²) in [5.74, 6) is -0.344. The fourth-order valence-corrected chi connectivity index (χ4v) is 2.35. The van der Waals surface area contributed by atoms with Gasteiger partial charge in [0.2, 0.25) is 0 Å². The van der Waals surface area contributed by atoms with Crippen molar-refractivity contribution in [3.05, 3.63) is 82.2 Å². The van der Waals surface area contributed by atoms with Crippen LogP contribution in [0.15, 0.2) is 69.9 Å². The fraction of sp³-hybridized carbons (Fsp3) is 0.111. The number of benzene rings is 2. The number of nitrogens with zero attached hydrogens (tertiary/aromatic N) is 1. The molecule has 0 radical (unpaired) electrons. The molecule has 0 bridgehead atoms. The Hall–Kier alpha value is -2.88. The molecule has 0 N–H and O–H groups in total. The number of carbonyl (C=O) groups is 1. The summed E-state index contributed by atoms with van der Waals surface area (Å²) in [4.78, 5) is 26.0. The third-order valence-corrected chi connectivity index (χ3v) is 3.48. The maximum atomic E-state index is 12.5. The van der Waals surface area contributed by atoms with Crippen molar-refractivity contribution < 1.29 is 9.21 Å². The first-order valence-electron chi connectivity index (χ1n) is 6.97. The second-order valence-corrected chi connectivity index (χ2v) is 5.13. The molecule has 0 fully saturated rings. The van der Waals surface area contributed by atoms with E-state index in [0.717, 1.165) is 10.9 Å². The molecule has 3 aromatic rings. The summed E-state index contributed by atoms with van der Waals surface area (Å²) in [6.45, 7) is 0.436. The van der Waals surface area contributed by atoms with E-state index in [9.17, 15) is 9.59 Å². The summed E-state index contributed by atoms with van der Waals surface area (Å²) in [6, 6.07) is 18.4. The Morgan fingerprint density at radius 1 is 1.05 bits per heavy atom. The molecule has 110 valence electrons. The zero-order valence-corrected chi connectivity index (χ0v) is 12.2. The summed E-state index contributed by atoms with van der Waals surface area (Å²) >= 11 is 0. The topological polar surface area (TPSA) is 50.5 Å². The normalized spacial score (nSPS) is 10.6. The van der Waals surface area contributed by atoms with Crippen molar-refractivity contribution in [1.29, 1.82) is 0 Å². The largest absolute Gasteiger partial charge is 0.422 e. The molecule has 0 saturated heterocycles. The third kappa shape index (κ3) is 2.76. The first kappa shape index (κ1) is 14.1. The Morgan fingerprint density at radius 3 is 2.50 bits per heavy atom. The quantitative estimate of drug-likeness (QED) is 0.697. The van der Waals surface area contributed by atoms with Gasteiger partial charge in [-0.2, -0.15) is 0 Å². The lowest BCUT2D eigenvalue weighted by Crippen LogP contribution is -2.30. The molecule has 22 heavy (non-hydrogen) atoms. The van der Waals surface area contributed by atoms with Crippen LogP contribution in [0.5, 0.6) is 0 Å². The molecule has 4 heteroatoms. The van der Waals surface area contributed by atoms with E-state index in [-0.39, 0.29) is 11.5 Å². The Bertz CT molecular complexity index is 868. The number of para-hydroxylation sites is 1. The van der Waals surface area contributed by atoms with Gasteiger partial charge in [-0.3, -0.25) is 4.79 Å². The highest BCUT2D eigenvalue weighted by molar-refractivity contribution is 5.96. The van der Waals surface area contributed by atoms with E-state index in [1.165, 1.54) is 4.90 Å². The molecule has 1 amide bonds. The molecule has 0 aliphatic carbocycles. The van der Waals surface area contributed by atoms with Crippen molar-refractivity contribution in [2.45, 2.75) is 6.54 Å². The van der Waals surface area contributed by atoms with Crippen LogP contribution in [-0.2, 0) is 6.54 Å². The van der Waals surface area contributed by atoms with E-state index in [4.69, 9.17) is 4.42 Å². The van der Waals surface area contributed by atoms with Gasteiger partial charge in [0.15, 0.2) is 0 Å². The maximum Gasteiger partial charge on any atom is 0.349 e. The van der Waals surface area contributed by atoms with Crippen LogP contribution >= 0.6 is 0 Å². The van der Waals surface area contributed by atoms with Crippen LogP contribution in [0.25, 0.3) is 11.0 Å². The maximum absolute atomic E-state index is 12.5. The van der Waals surface area contributed by atoms with Crippen molar-refractivity contribution in [2.75, 3.05) is 7.05 Å². The number of carbonyl (C=O) groups excluding carboxylic acids is 1. The molecule has 4 nitrogen and oxygen atoms in total. The summed E-state index contributed by atoms with van der Waals surface area (Å²) in [6.07, 6.45) is 0.